The minimum absolute atomic E-state index is 0.111. The van der Waals surface area contributed by atoms with E-state index in [2.05, 4.69) is 140 Å². The van der Waals surface area contributed by atoms with Crippen LogP contribution >= 0.6 is 11.8 Å². The molecular weight excluding hydrogens is 630 g/mol. The Balaban J connectivity index is 1.29. The first kappa shape index (κ1) is 27.7. The van der Waals surface area contributed by atoms with E-state index in [1.165, 1.54) is 89.2 Å². The van der Waals surface area contributed by atoms with E-state index < -0.39 is 0 Å². The normalized spacial score (nSPS) is 16.5. The molecule has 0 saturated carbocycles. The molecule has 0 aromatic heterocycles. The average molecular weight is 666 g/mol. The Hall–Kier alpha value is -3.63. The van der Waals surface area contributed by atoms with Gasteiger partial charge in [0, 0.05) is 0 Å². The Morgan fingerprint density at radius 1 is 0.644 bits per heavy atom. The van der Waals surface area contributed by atoms with Gasteiger partial charge < -0.3 is 0 Å². The van der Waals surface area contributed by atoms with Crippen molar-refractivity contribution in [2.24, 2.45) is 0 Å². The molecule has 3 heterocycles. The molecule has 2 nitrogen and oxygen atoms in total. The number of anilines is 5. The third-order valence-electron chi connectivity index (χ3n) is 9.84. The summed E-state index contributed by atoms with van der Waals surface area (Å²) in [6, 6.07) is 41.9. The standard InChI is InChI=1S/C40H35BN2SSe/c1-40(2,3)26-19-21-27(22-20-26)42-33-14-10-18-38-39(33)41(30-11-4-9-17-37(30)45-38)29-24-23-28(25-34(29)42)43-31-12-5-7-15-35(31)44-36-16-8-6-13-32(36)43/h4-5,7,9-12,14-15,17-25H,6,8,13,16H2,1-3H3. The van der Waals surface area contributed by atoms with E-state index in [1.54, 1.807) is 4.91 Å². The average Bonchev–Trinajstić information content (AvgIpc) is 3.06. The summed E-state index contributed by atoms with van der Waals surface area (Å²) in [4.78, 5) is 8.06. The van der Waals surface area contributed by atoms with Crippen molar-refractivity contribution in [1.29, 1.82) is 0 Å². The van der Waals surface area contributed by atoms with Crippen molar-refractivity contribution in [2.45, 2.75) is 56.8 Å². The van der Waals surface area contributed by atoms with Gasteiger partial charge in [-0.25, -0.2) is 0 Å². The Morgan fingerprint density at radius 2 is 1.38 bits per heavy atom. The van der Waals surface area contributed by atoms with E-state index in [-0.39, 0.29) is 27.1 Å². The van der Waals surface area contributed by atoms with Crippen molar-refractivity contribution in [3.8, 4) is 0 Å². The van der Waals surface area contributed by atoms with E-state index in [4.69, 9.17) is 0 Å². The van der Waals surface area contributed by atoms with Crippen LogP contribution in [0.3, 0.4) is 0 Å². The summed E-state index contributed by atoms with van der Waals surface area (Å²) in [6.45, 7) is 7.13. The van der Waals surface area contributed by atoms with Gasteiger partial charge in [0.2, 0.25) is 0 Å². The summed E-state index contributed by atoms with van der Waals surface area (Å²) in [5.74, 6) is 0. The summed E-state index contributed by atoms with van der Waals surface area (Å²) in [7, 11) is 0. The van der Waals surface area contributed by atoms with Crippen LogP contribution < -0.4 is 35.1 Å². The molecule has 0 fully saturated rings. The number of hydrogen-bond acceptors (Lipinski definition) is 3. The number of benzene rings is 5. The van der Waals surface area contributed by atoms with Crippen LogP contribution in [0.2, 0.25) is 0 Å². The van der Waals surface area contributed by atoms with E-state index in [0.29, 0.717) is 0 Å². The van der Waals surface area contributed by atoms with Crippen molar-refractivity contribution >= 4 is 87.2 Å². The Bertz CT molecular complexity index is 2030. The molecule has 0 spiro atoms. The molecule has 3 aliphatic heterocycles. The molecule has 0 atom stereocenters. The number of fused-ring (bicyclic) bond motifs is 5. The second kappa shape index (κ2) is 10.5. The number of para-hydroxylation sites is 1. The van der Waals surface area contributed by atoms with Crippen LogP contribution in [0.1, 0.15) is 52.0 Å². The van der Waals surface area contributed by atoms with Gasteiger partial charge in [0.05, 0.1) is 0 Å². The first-order valence-electron chi connectivity index (χ1n) is 16.2. The molecule has 9 rings (SSSR count). The van der Waals surface area contributed by atoms with Crippen LogP contribution in [-0.4, -0.2) is 21.7 Å². The predicted octanol–water partition coefficient (Wildman–Crippen LogP) is 7.28. The molecule has 0 N–H and O–H groups in total. The summed E-state index contributed by atoms with van der Waals surface area (Å²) >= 11 is 2.28. The van der Waals surface area contributed by atoms with Gasteiger partial charge in [-0.15, -0.1) is 0 Å². The van der Waals surface area contributed by atoms with Crippen molar-refractivity contribution in [2.75, 3.05) is 9.80 Å². The predicted molar refractivity (Wildman–Crippen MR) is 196 cm³/mol. The fraction of sp³-hybridized carbons (Fsp3) is 0.200. The van der Waals surface area contributed by atoms with Crippen molar-refractivity contribution in [3.63, 3.8) is 0 Å². The summed E-state index contributed by atoms with van der Waals surface area (Å²) in [6.07, 6.45) is 4.85. The van der Waals surface area contributed by atoms with Crippen molar-refractivity contribution in [1.82, 2.24) is 0 Å². The Morgan fingerprint density at radius 3 is 2.24 bits per heavy atom. The second-order valence-electron chi connectivity index (χ2n) is 13.6. The zero-order chi connectivity index (χ0) is 30.3. The fourth-order valence-corrected chi connectivity index (χ4v) is 11.3. The van der Waals surface area contributed by atoms with E-state index in [1.807, 2.05) is 11.8 Å². The molecule has 4 aliphatic rings. The van der Waals surface area contributed by atoms with Gasteiger partial charge in [-0.3, -0.25) is 0 Å². The van der Waals surface area contributed by atoms with Crippen LogP contribution in [0, 0.1) is 0 Å². The van der Waals surface area contributed by atoms with Crippen LogP contribution in [0.5, 0.6) is 0 Å². The third kappa shape index (κ3) is 4.39. The SMILES string of the molecule is CC(C)(C)c1ccc(N2c3cc(N4C5=C(CCCC5)Sc5ccccc54)ccc3B3c4ccccc4[Se]c4cccc2c43)cc1. The number of thioether (sulfide) groups is 1. The number of nitrogens with zero attached hydrogens (tertiary/aromatic N) is 2. The topological polar surface area (TPSA) is 6.48 Å². The van der Waals surface area contributed by atoms with E-state index in [9.17, 15) is 0 Å². The maximum atomic E-state index is 2.59. The van der Waals surface area contributed by atoms with Gasteiger partial charge in [0.1, 0.15) is 0 Å². The Labute approximate surface area is 277 Å². The number of hydrogen-bond donors (Lipinski definition) is 0. The molecule has 5 aromatic carbocycles. The quantitative estimate of drug-likeness (QED) is 0.179. The van der Waals surface area contributed by atoms with E-state index >= 15 is 0 Å². The van der Waals surface area contributed by atoms with Gasteiger partial charge in [-0.1, -0.05) is 0 Å². The minimum atomic E-state index is 0.111. The Kier molecular flexibility index (Phi) is 6.43. The molecule has 45 heavy (non-hydrogen) atoms. The zero-order valence-electron chi connectivity index (χ0n) is 26.0. The van der Waals surface area contributed by atoms with E-state index in [0.717, 1.165) is 6.42 Å². The number of rotatable bonds is 2. The van der Waals surface area contributed by atoms with Gasteiger partial charge >= 0.3 is 279 Å². The molecule has 0 bridgehead atoms. The molecule has 1 aliphatic carbocycles. The summed E-state index contributed by atoms with van der Waals surface area (Å²) < 4.78 is 3.02. The fourth-order valence-electron chi connectivity index (χ4n) is 7.65. The molecule has 0 amide bonds. The maximum absolute atomic E-state index is 2.59. The molecule has 220 valence electrons. The summed E-state index contributed by atoms with van der Waals surface area (Å²) in [5.41, 5.74) is 13.8. The molecule has 5 heteroatoms. The van der Waals surface area contributed by atoms with Crippen molar-refractivity contribution < 1.29 is 0 Å². The first-order chi connectivity index (χ1) is 22.0. The van der Waals surface area contributed by atoms with Crippen LogP contribution in [0.25, 0.3) is 0 Å². The van der Waals surface area contributed by atoms with Gasteiger partial charge in [-0.2, -0.15) is 0 Å². The molecule has 5 aromatic rings. The molecule has 0 radical (unpaired) electrons. The zero-order valence-corrected chi connectivity index (χ0v) is 28.5. The monoisotopic (exact) mass is 666 g/mol. The third-order valence-corrected chi connectivity index (χ3v) is 13.5. The van der Waals surface area contributed by atoms with Crippen LogP contribution in [0.4, 0.5) is 28.4 Å². The first-order valence-corrected chi connectivity index (χ1v) is 18.7. The summed E-state index contributed by atoms with van der Waals surface area (Å²) in [5, 5.41) is 0. The van der Waals surface area contributed by atoms with Crippen LogP contribution in [-0.2, 0) is 5.41 Å². The van der Waals surface area contributed by atoms with Crippen LogP contribution in [0.15, 0.2) is 125 Å². The van der Waals surface area contributed by atoms with Gasteiger partial charge in [0.25, 0.3) is 0 Å². The van der Waals surface area contributed by atoms with Crippen molar-refractivity contribution in [3.05, 3.63) is 125 Å². The molecular formula is C40H35BN2SSe. The van der Waals surface area contributed by atoms with Gasteiger partial charge in [-0.05, 0) is 0 Å². The molecule has 0 unspecified atom stereocenters. The number of allylic oxidation sites excluding steroid dienone is 2. The second-order valence-corrected chi connectivity index (χ2v) is 17.0. The molecule has 0 saturated heterocycles. The van der Waals surface area contributed by atoms with Gasteiger partial charge in [0.15, 0.2) is 0 Å².